The molecule has 0 aliphatic heterocycles. The van der Waals surface area contributed by atoms with Crippen LogP contribution in [0.2, 0.25) is 0 Å². The van der Waals surface area contributed by atoms with Crippen molar-refractivity contribution in [3.05, 3.63) is 41.7 Å². The zero-order valence-electron chi connectivity index (χ0n) is 11.1. The van der Waals surface area contributed by atoms with Crippen molar-refractivity contribution in [1.29, 1.82) is 0 Å². The first-order chi connectivity index (χ1) is 9.70. The highest BCUT2D eigenvalue weighted by molar-refractivity contribution is 7.89. The maximum absolute atomic E-state index is 12.1. The predicted octanol–water partition coefficient (Wildman–Crippen LogP) is -0.156. The van der Waals surface area contributed by atoms with Gasteiger partial charge in [-0.05, 0) is 24.6 Å². The molecule has 0 atom stereocenters. The second kappa shape index (κ2) is 5.56. The average Bonchev–Trinajstić information content (AvgIpc) is 2.83. The summed E-state index contributed by atoms with van der Waals surface area (Å²) in [4.78, 5) is -0.0243. The minimum absolute atomic E-state index is 0.0464. The van der Waals surface area contributed by atoms with Gasteiger partial charge < -0.3 is 0 Å². The normalized spacial score (nSPS) is 12.5. The summed E-state index contributed by atoms with van der Waals surface area (Å²) in [6.07, 6.45) is 1.21. The monoisotopic (exact) mass is 330 g/mol. The Balaban J connectivity index is 2.19. The molecule has 8 nitrogen and oxygen atoms in total. The smallest absolute Gasteiger partial charge is 0.244 e. The van der Waals surface area contributed by atoms with E-state index in [4.69, 9.17) is 5.14 Å². The van der Waals surface area contributed by atoms with E-state index in [1.807, 2.05) is 0 Å². The summed E-state index contributed by atoms with van der Waals surface area (Å²) in [6, 6.07) is 5.75. The van der Waals surface area contributed by atoms with Gasteiger partial charge in [-0.1, -0.05) is 12.1 Å². The zero-order chi connectivity index (χ0) is 15.7. The van der Waals surface area contributed by atoms with Crippen LogP contribution in [0.1, 0.15) is 11.3 Å². The zero-order valence-corrected chi connectivity index (χ0v) is 12.7. The maximum Gasteiger partial charge on any atom is 0.244 e. The van der Waals surface area contributed by atoms with Crippen molar-refractivity contribution in [2.75, 3.05) is 0 Å². The number of nitrogens with two attached hydrogens (primary N) is 1. The first-order valence-corrected chi connectivity index (χ1v) is 8.84. The van der Waals surface area contributed by atoms with E-state index in [1.165, 1.54) is 24.4 Å². The Labute approximate surface area is 122 Å². The van der Waals surface area contributed by atoms with Crippen molar-refractivity contribution in [2.45, 2.75) is 23.3 Å². The van der Waals surface area contributed by atoms with E-state index in [9.17, 15) is 16.8 Å². The van der Waals surface area contributed by atoms with Crippen LogP contribution in [0.5, 0.6) is 0 Å². The Morgan fingerprint density at radius 1 is 1.29 bits per heavy atom. The Morgan fingerprint density at radius 3 is 2.57 bits per heavy atom. The summed E-state index contributed by atoms with van der Waals surface area (Å²) in [5.41, 5.74) is 0.895. The molecule has 0 saturated carbocycles. The van der Waals surface area contributed by atoms with Gasteiger partial charge in [-0.25, -0.2) is 26.7 Å². The van der Waals surface area contributed by atoms with Crippen LogP contribution in [0, 0.1) is 6.92 Å². The Kier molecular flexibility index (Phi) is 4.14. The number of H-pyrrole nitrogens is 1. The molecular formula is C11H14N4O4S2. The van der Waals surface area contributed by atoms with Crippen LogP contribution in [0.4, 0.5) is 0 Å². The molecule has 0 fully saturated rings. The van der Waals surface area contributed by atoms with Crippen LogP contribution in [0.25, 0.3) is 0 Å². The summed E-state index contributed by atoms with van der Waals surface area (Å²) in [7, 11) is -7.54. The fourth-order valence-electron chi connectivity index (χ4n) is 1.70. The molecule has 1 aromatic heterocycles. The lowest BCUT2D eigenvalue weighted by atomic mass is 10.2. The molecule has 0 amide bonds. The number of nitrogens with one attached hydrogen (secondary N) is 2. The largest absolute Gasteiger partial charge is 0.281 e. The van der Waals surface area contributed by atoms with E-state index in [0.717, 1.165) is 0 Å². The van der Waals surface area contributed by atoms with Crippen molar-refractivity contribution in [1.82, 2.24) is 14.9 Å². The Bertz CT molecular complexity index is 856. The molecule has 1 heterocycles. The highest BCUT2D eigenvalue weighted by Crippen LogP contribution is 2.13. The van der Waals surface area contributed by atoms with Gasteiger partial charge in [-0.15, -0.1) is 0 Å². The molecule has 0 aliphatic carbocycles. The van der Waals surface area contributed by atoms with E-state index >= 15 is 0 Å². The number of hydrogen-bond donors (Lipinski definition) is 3. The summed E-state index contributed by atoms with van der Waals surface area (Å²) in [5, 5.41) is 11.2. The van der Waals surface area contributed by atoms with Crippen molar-refractivity contribution in [3.63, 3.8) is 0 Å². The second-order valence-electron chi connectivity index (χ2n) is 4.38. The lowest BCUT2D eigenvalue weighted by molar-refractivity contribution is 0.580. The van der Waals surface area contributed by atoms with Crippen LogP contribution in [-0.2, 0) is 26.6 Å². The summed E-state index contributed by atoms with van der Waals surface area (Å²) in [5.74, 6) is 0. The van der Waals surface area contributed by atoms with E-state index in [0.29, 0.717) is 11.3 Å². The van der Waals surface area contributed by atoms with Gasteiger partial charge >= 0.3 is 0 Å². The molecule has 21 heavy (non-hydrogen) atoms. The first-order valence-electron chi connectivity index (χ1n) is 5.81. The minimum Gasteiger partial charge on any atom is -0.281 e. The second-order valence-corrected chi connectivity index (χ2v) is 7.67. The number of aromatic nitrogens is 2. The number of sulfonamides is 2. The van der Waals surface area contributed by atoms with E-state index in [2.05, 4.69) is 14.9 Å². The van der Waals surface area contributed by atoms with Gasteiger partial charge in [-0.2, -0.15) is 5.10 Å². The first kappa shape index (κ1) is 15.6. The summed E-state index contributed by atoms with van der Waals surface area (Å²) in [6.45, 7) is 1.53. The number of primary sulfonamides is 1. The number of nitrogens with zero attached hydrogens (tertiary/aromatic N) is 1. The molecular weight excluding hydrogens is 316 g/mol. The maximum atomic E-state index is 12.1. The fraction of sp³-hybridized carbons (Fsp3) is 0.182. The van der Waals surface area contributed by atoms with Gasteiger partial charge in [0.25, 0.3) is 0 Å². The Hall–Kier alpha value is -1.75. The van der Waals surface area contributed by atoms with Crippen LogP contribution >= 0.6 is 0 Å². The minimum atomic E-state index is -3.82. The van der Waals surface area contributed by atoms with E-state index in [1.54, 1.807) is 13.0 Å². The molecule has 0 saturated heterocycles. The van der Waals surface area contributed by atoms with Crippen LogP contribution in [0.3, 0.4) is 0 Å². The molecule has 114 valence electrons. The average molecular weight is 330 g/mol. The molecule has 2 rings (SSSR count). The molecule has 0 spiro atoms. The number of hydrogen-bond acceptors (Lipinski definition) is 5. The number of aryl methyl sites for hydroxylation is 1. The van der Waals surface area contributed by atoms with E-state index in [-0.39, 0.29) is 16.3 Å². The van der Waals surface area contributed by atoms with Crippen molar-refractivity contribution in [2.24, 2.45) is 5.14 Å². The third-order valence-corrected chi connectivity index (χ3v) is 5.19. The third-order valence-electron chi connectivity index (χ3n) is 2.77. The van der Waals surface area contributed by atoms with E-state index < -0.39 is 20.0 Å². The highest BCUT2D eigenvalue weighted by Gasteiger charge is 2.18. The summed E-state index contributed by atoms with van der Waals surface area (Å²) >= 11 is 0. The SMILES string of the molecule is Cc1[nH]ncc1S(=O)(=O)NCc1cccc(S(N)(=O)=O)c1. The molecule has 10 heteroatoms. The third kappa shape index (κ3) is 3.67. The van der Waals surface area contributed by atoms with Crippen molar-refractivity contribution >= 4 is 20.0 Å². The lowest BCUT2D eigenvalue weighted by Crippen LogP contribution is -2.23. The predicted molar refractivity (Wildman–Crippen MR) is 75.2 cm³/mol. The molecule has 0 unspecified atom stereocenters. The van der Waals surface area contributed by atoms with Crippen LogP contribution in [0.15, 0.2) is 40.3 Å². The molecule has 2 aromatic rings. The van der Waals surface area contributed by atoms with Gasteiger partial charge in [-0.3, -0.25) is 5.10 Å². The van der Waals surface area contributed by atoms with Crippen molar-refractivity contribution in [3.8, 4) is 0 Å². The highest BCUT2D eigenvalue weighted by atomic mass is 32.2. The van der Waals surface area contributed by atoms with Gasteiger partial charge in [0.2, 0.25) is 20.0 Å². The molecule has 0 aliphatic rings. The standard InChI is InChI=1S/C11H14N4O4S2/c1-8-11(7-13-15-8)21(18,19)14-6-9-3-2-4-10(5-9)20(12,16)17/h2-5,7,14H,6H2,1H3,(H,13,15)(H2,12,16,17). The number of aromatic amines is 1. The summed E-state index contributed by atoms with van der Waals surface area (Å²) < 4.78 is 49.0. The fourth-order valence-corrected chi connectivity index (χ4v) is 3.44. The van der Waals surface area contributed by atoms with Crippen LogP contribution in [-0.4, -0.2) is 27.0 Å². The molecule has 0 radical (unpaired) electrons. The van der Waals surface area contributed by atoms with Gasteiger partial charge in [0.05, 0.1) is 16.8 Å². The number of rotatable bonds is 5. The Morgan fingerprint density at radius 2 is 2.00 bits per heavy atom. The van der Waals surface area contributed by atoms with Crippen molar-refractivity contribution < 1.29 is 16.8 Å². The molecule has 0 bridgehead atoms. The van der Waals surface area contributed by atoms with Crippen LogP contribution < -0.4 is 9.86 Å². The lowest BCUT2D eigenvalue weighted by Gasteiger charge is -2.07. The molecule has 1 aromatic carbocycles. The molecule has 4 N–H and O–H groups in total. The topological polar surface area (TPSA) is 135 Å². The quantitative estimate of drug-likeness (QED) is 0.700. The number of benzene rings is 1. The van der Waals surface area contributed by atoms with Gasteiger partial charge in [0, 0.05) is 6.54 Å². The van der Waals surface area contributed by atoms with Gasteiger partial charge in [0.1, 0.15) is 4.90 Å². The van der Waals surface area contributed by atoms with Gasteiger partial charge in [0.15, 0.2) is 0 Å².